The third kappa shape index (κ3) is 1.03. The van der Waals surface area contributed by atoms with Crippen LogP contribution in [0.25, 0.3) is 0 Å². The minimum absolute atomic E-state index is 0.609. The van der Waals surface area contributed by atoms with Crippen LogP contribution in [0.2, 0.25) is 0 Å². The van der Waals surface area contributed by atoms with Gasteiger partial charge < -0.3 is 0 Å². The Bertz CT molecular complexity index is 359. The van der Waals surface area contributed by atoms with Crippen molar-refractivity contribution < 1.29 is 0 Å². The predicted octanol–water partition coefficient (Wildman–Crippen LogP) is 3.76. The highest BCUT2D eigenvalue weighted by Crippen LogP contribution is 2.64. The van der Waals surface area contributed by atoms with Crippen LogP contribution >= 0.6 is 0 Å². The van der Waals surface area contributed by atoms with Gasteiger partial charge in [-0.05, 0) is 60.8 Å². The van der Waals surface area contributed by atoms with E-state index in [9.17, 15) is 0 Å². The lowest BCUT2D eigenvalue weighted by atomic mass is 9.66. The van der Waals surface area contributed by atoms with E-state index in [1.54, 1.807) is 18.4 Å². The van der Waals surface area contributed by atoms with E-state index in [0.717, 1.165) is 17.8 Å². The topological polar surface area (TPSA) is 0 Å². The third-order valence-electron chi connectivity index (χ3n) is 5.31. The zero-order valence-corrected chi connectivity index (χ0v) is 9.15. The second-order valence-corrected chi connectivity index (χ2v) is 6.12. The second kappa shape index (κ2) is 2.66. The Morgan fingerprint density at radius 1 is 0.867 bits per heavy atom. The van der Waals surface area contributed by atoms with Crippen molar-refractivity contribution in [2.24, 2.45) is 17.8 Å². The van der Waals surface area contributed by atoms with Crippen molar-refractivity contribution in [1.29, 1.82) is 0 Å². The molecule has 4 bridgehead atoms. The summed E-state index contributed by atoms with van der Waals surface area (Å²) < 4.78 is 0. The minimum Gasteiger partial charge on any atom is -0.0622 e. The van der Waals surface area contributed by atoms with Crippen molar-refractivity contribution in [3.8, 4) is 0 Å². The van der Waals surface area contributed by atoms with Crippen molar-refractivity contribution >= 4 is 0 Å². The summed E-state index contributed by atoms with van der Waals surface area (Å²) in [6, 6.07) is 11.3. The molecule has 4 aliphatic rings. The molecule has 0 N–H and O–H groups in total. The van der Waals surface area contributed by atoms with E-state index >= 15 is 0 Å². The zero-order chi connectivity index (χ0) is 9.88. The average Bonchev–Trinajstić information content (AvgIpc) is 2.69. The molecule has 0 heteroatoms. The zero-order valence-electron chi connectivity index (χ0n) is 9.15. The van der Waals surface area contributed by atoms with Crippen molar-refractivity contribution in [2.75, 3.05) is 0 Å². The van der Waals surface area contributed by atoms with Gasteiger partial charge in [-0.3, -0.25) is 0 Å². The van der Waals surface area contributed by atoms with Gasteiger partial charge in [0.05, 0.1) is 0 Å². The van der Waals surface area contributed by atoms with Crippen molar-refractivity contribution in [3.05, 3.63) is 35.9 Å². The highest BCUT2D eigenvalue weighted by molar-refractivity contribution is 5.30. The summed E-state index contributed by atoms with van der Waals surface area (Å²) in [5.74, 6) is 3.25. The molecule has 1 aromatic rings. The lowest BCUT2D eigenvalue weighted by Crippen LogP contribution is -2.31. The monoisotopic (exact) mass is 198 g/mol. The van der Waals surface area contributed by atoms with Crippen molar-refractivity contribution in [2.45, 2.75) is 37.5 Å². The van der Waals surface area contributed by atoms with Gasteiger partial charge in [0.2, 0.25) is 0 Å². The largest absolute Gasteiger partial charge is 0.0622 e. The van der Waals surface area contributed by atoms with Crippen LogP contribution < -0.4 is 0 Å². The van der Waals surface area contributed by atoms with E-state index in [4.69, 9.17) is 0 Å². The highest BCUT2D eigenvalue weighted by atomic mass is 14.6. The first-order chi connectivity index (χ1) is 7.36. The summed E-state index contributed by atoms with van der Waals surface area (Å²) in [6.45, 7) is 0. The van der Waals surface area contributed by atoms with Crippen LogP contribution in [0.15, 0.2) is 30.3 Å². The van der Waals surface area contributed by atoms with Crippen LogP contribution in [0.3, 0.4) is 0 Å². The standard InChI is InChI=1S/C15H18/c1-2-4-14(5-3-1)15-8-11-6-12(9-15)13(7-11)10-15/h1-5,11-13H,6-10H2. The molecule has 0 saturated heterocycles. The molecule has 1 aromatic carbocycles. The number of hydrogen-bond acceptors (Lipinski definition) is 0. The Hall–Kier alpha value is -0.780. The predicted molar refractivity (Wildman–Crippen MR) is 61.7 cm³/mol. The van der Waals surface area contributed by atoms with Gasteiger partial charge in [0.15, 0.2) is 0 Å². The molecule has 78 valence electrons. The Labute approximate surface area is 91.7 Å². The maximum Gasteiger partial charge on any atom is -0.00389 e. The fourth-order valence-corrected chi connectivity index (χ4v) is 4.96. The highest BCUT2D eigenvalue weighted by Gasteiger charge is 2.56. The average molecular weight is 198 g/mol. The van der Waals surface area contributed by atoms with Gasteiger partial charge in [-0.25, -0.2) is 0 Å². The normalized spacial score (nSPS) is 46.3. The molecule has 0 aromatic heterocycles. The SMILES string of the molecule is c1ccc(C23CC4CC(C2)C(C4)C3)cc1. The molecule has 5 rings (SSSR count). The van der Waals surface area contributed by atoms with Crippen LogP contribution in [-0.2, 0) is 5.41 Å². The molecule has 0 spiro atoms. The van der Waals surface area contributed by atoms with Gasteiger partial charge in [0, 0.05) is 0 Å². The van der Waals surface area contributed by atoms with Gasteiger partial charge >= 0.3 is 0 Å². The third-order valence-corrected chi connectivity index (χ3v) is 5.31. The summed E-state index contributed by atoms with van der Waals surface area (Å²) in [7, 11) is 0. The Kier molecular flexibility index (Phi) is 1.49. The fraction of sp³-hybridized carbons (Fsp3) is 0.600. The van der Waals surface area contributed by atoms with Gasteiger partial charge in [-0.1, -0.05) is 30.3 Å². The van der Waals surface area contributed by atoms with Crippen molar-refractivity contribution in [3.63, 3.8) is 0 Å². The summed E-state index contributed by atoms with van der Waals surface area (Å²) >= 11 is 0. The molecule has 0 nitrogen and oxygen atoms in total. The summed E-state index contributed by atoms with van der Waals surface area (Å²) in [4.78, 5) is 0. The molecule has 0 aliphatic heterocycles. The van der Waals surface area contributed by atoms with E-state index in [-0.39, 0.29) is 0 Å². The summed E-state index contributed by atoms with van der Waals surface area (Å²) in [5.41, 5.74) is 2.25. The first-order valence-corrected chi connectivity index (χ1v) is 6.41. The van der Waals surface area contributed by atoms with E-state index in [2.05, 4.69) is 30.3 Å². The molecule has 15 heavy (non-hydrogen) atoms. The number of benzene rings is 1. The molecule has 4 aliphatic carbocycles. The smallest absolute Gasteiger partial charge is 0.00389 e. The maximum atomic E-state index is 2.37. The molecule has 0 amide bonds. The molecule has 0 heterocycles. The van der Waals surface area contributed by atoms with Gasteiger partial charge in [0.1, 0.15) is 0 Å². The van der Waals surface area contributed by atoms with Crippen LogP contribution in [0.1, 0.15) is 37.7 Å². The Balaban J connectivity index is 1.78. The molecule has 0 radical (unpaired) electrons. The van der Waals surface area contributed by atoms with Gasteiger partial charge in [0.25, 0.3) is 0 Å². The van der Waals surface area contributed by atoms with Crippen LogP contribution in [0.5, 0.6) is 0 Å². The van der Waals surface area contributed by atoms with Gasteiger partial charge in [-0.15, -0.1) is 0 Å². The molecular formula is C15H18. The Morgan fingerprint density at radius 3 is 2.13 bits per heavy atom. The molecule has 2 unspecified atom stereocenters. The van der Waals surface area contributed by atoms with E-state index in [1.165, 1.54) is 19.3 Å². The van der Waals surface area contributed by atoms with Crippen molar-refractivity contribution in [1.82, 2.24) is 0 Å². The van der Waals surface area contributed by atoms with E-state index < -0.39 is 0 Å². The first kappa shape index (κ1) is 8.38. The summed E-state index contributed by atoms with van der Waals surface area (Å²) in [6.07, 6.45) is 7.60. The number of rotatable bonds is 1. The summed E-state index contributed by atoms with van der Waals surface area (Å²) in [5, 5.41) is 0. The first-order valence-electron chi connectivity index (χ1n) is 6.41. The lowest BCUT2D eigenvalue weighted by molar-refractivity contribution is 0.229. The maximum absolute atomic E-state index is 2.37. The lowest BCUT2D eigenvalue weighted by Gasteiger charge is -2.39. The molecule has 4 saturated carbocycles. The van der Waals surface area contributed by atoms with E-state index in [1.807, 2.05) is 0 Å². The molecule has 4 fully saturated rings. The minimum atomic E-state index is 0.609. The van der Waals surface area contributed by atoms with Gasteiger partial charge in [-0.2, -0.15) is 0 Å². The molecule has 2 atom stereocenters. The fourth-order valence-electron chi connectivity index (χ4n) is 4.96. The van der Waals surface area contributed by atoms with Crippen LogP contribution in [0, 0.1) is 17.8 Å². The van der Waals surface area contributed by atoms with Crippen LogP contribution in [0.4, 0.5) is 0 Å². The van der Waals surface area contributed by atoms with E-state index in [0.29, 0.717) is 5.41 Å². The quantitative estimate of drug-likeness (QED) is 0.644. The molecular weight excluding hydrogens is 180 g/mol. The second-order valence-electron chi connectivity index (χ2n) is 6.12. The van der Waals surface area contributed by atoms with Crippen LogP contribution in [-0.4, -0.2) is 0 Å². The Morgan fingerprint density at radius 2 is 1.53 bits per heavy atom. The number of hydrogen-bond donors (Lipinski definition) is 0.